The second-order valence-electron chi connectivity index (χ2n) is 7.20. The van der Waals surface area contributed by atoms with Crippen LogP contribution in [0.15, 0.2) is 36.8 Å². The summed E-state index contributed by atoms with van der Waals surface area (Å²) in [5.41, 5.74) is 8.30. The Hall–Kier alpha value is -2.80. The number of nitrogen functional groups attached to an aromatic ring is 1. The Morgan fingerprint density at radius 3 is 2.46 bits per heavy atom. The Morgan fingerprint density at radius 2 is 1.79 bits per heavy atom. The highest BCUT2D eigenvalue weighted by Gasteiger charge is 2.23. The first-order chi connectivity index (χ1) is 13.7. The third-order valence-corrected chi connectivity index (χ3v) is 5.64. The minimum absolute atomic E-state index is 0.270. The van der Waals surface area contributed by atoms with Crippen molar-refractivity contribution in [3.63, 3.8) is 0 Å². The molecule has 0 bridgehead atoms. The maximum Gasteiger partial charge on any atom is 0.220 e. The van der Waals surface area contributed by atoms with E-state index in [1.807, 2.05) is 12.3 Å². The maximum atomic E-state index is 5.70. The maximum absolute atomic E-state index is 5.70. The van der Waals surface area contributed by atoms with Gasteiger partial charge in [-0.3, -0.25) is 4.98 Å². The lowest BCUT2D eigenvalue weighted by Gasteiger charge is -2.38. The molecule has 4 heterocycles. The molecule has 7 heteroatoms. The van der Waals surface area contributed by atoms with Crippen molar-refractivity contribution in [1.82, 2.24) is 24.8 Å². The SMILES string of the molecule is CCN(CC)C1CCN(c2ccc(-c3cc4nc(N)ncc4cn3)cn2)CC1. The van der Waals surface area contributed by atoms with Crippen molar-refractivity contribution in [1.29, 1.82) is 0 Å². The molecule has 7 nitrogen and oxygen atoms in total. The molecule has 28 heavy (non-hydrogen) atoms. The summed E-state index contributed by atoms with van der Waals surface area (Å²) in [6, 6.07) is 6.80. The van der Waals surface area contributed by atoms with Crippen molar-refractivity contribution in [2.75, 3.05) is 36.8 Å². The van der Waals surface area contributed by atoms with Crippen molar-refractivity contribution >= 4 is 22.7 Å². The number of nitrogens with two attached hydrogens (primary N) is 1. The van der Waals surface area contributed by atoms with E-state index in [0.29, 0.717) is 6.04 Å². The van der Waals surface area contributed by atoms with Gasteiger partial charge >= 0.3 is 0 Å². The molecule has 0 saturated carbocycles. The molecule has 3 aromatic heterocycles. The second kappa shape index (κ2) is 8.06. The highest BCUT2D eigenvalue weighted by atomic mass is 15.2. The Bertz CT molecular complexity index is 929. The molecule has 3 aromatic rings. The molecule has 4 rings (SSSR count). The van der Waals surface area contributed by atoms with Crippen molar-refractivity contribution in [3.05, 3.63) is 36.8 Å². The lowest BCUT2D eigenvalue weighted by atomic mass is 10.0. The van der Waals surface area contributed by atoms with Gasteiger partial charge in [0.2, 0.25) is 5.95 Å². The Kier molecular flexibility index (Phi) is 5.34. The minimum atomic E-state index is 0.270. The van der Waals surface area contributed by atoms with Crippen molar-refractivity contribution in [2.45, 2.75) is 32.7 Å². The van der Waals surface area contributed by atoms with E-state index in [2.05, 4.69) is 50.7 Å². The van der Waals surface area contributed by atoms with Gasteiger partial charge in [0.15, 0.2) is 0 Å². The molecule has 0 spiro atoms. The first-order valence-corrected chi connectivity index (χ1v) is 10.0. The van der Waals surface area contributed by atoms with E-state index < -0.39 is 0 Å². The largest absolute Gasteiger partial charge is 0.368 e. The van der Waals surface area contributed by atoms with Gasteiger partial charge in [0.1, 0.15) is 5.82 Å². The van der Waals surface area contributed by atoms with E-state index in [-0.39, 0.29) is 5.95 Å². The van der Waals surface area contributed by atoms with Gasteiger partial charge in [0, 0.05) is 48.7 Å². The number of piperidine rings is 1. The number of aromatic nitrogens is 4. The number of pyridine rings is 2. The standard InChI is InChI=1S/C21H27N7/c1-3-27(4-2)17-7-9-28(10-8-17)20-6-5-15(12-24-20)18-11-19-16(13-23-18)14-25-21(22)26-19/h5-6,11-14,17H,3-4,7-10H2,1-2H3,(H2,22,25,26). The smallest absolute Gasteiger partial charge is 0.220 e. The van der Waals surface area contributed by atoms with Gasteiger partial charge in [0.05, 0.1) is 11.2 Å². The highest BCUT2D eigenvalue weighted by molar-refractivity contribution is 5.81. The normalized spacial score (nSPS) is 15.5. The van der Waals surface area contributed by atoms with E-state index in [0.717, 1.165) is 54.2 Å². The fraction of sp³-hybridized carbons (Fsp3) is 0.429. The molecule has 0 aromatic carbocycles. The molecular weight excluding hydrogens is 350 g/mol. The van der Waals surface area contributed by atoms with Crippen LogP contribution in [0.5, 0.6) is 0 Å². The molecular formula is C21H27N7. The van der Waals surface area contributed by atoms with Crippen LogP contribution >= 0.6 is 0 Å². The predicted molar refractivity (Wildman–Crippen MR) is 113 cm³/mol. The van der Waals surface area contributed by atoms with E-state index in [1.54, 1.807) is 12.4 Å². The Balaban J connectivity index is 1.47. The number of rotatable bonds is 5. The molecule has 0 atom stereocenters. The van der Waals surface area contributed by atoms with Crippen molar-refractivity contribution in [2.24, 2.45) is 0 Å². The van der Waals surface area contributed by atoms with Gasteiger partial charge in [-0.2, -0.15) is 0 Å². The summed E-state index contributed by atoms with van der Waals surface area (Å²) in [5, 5.41) is 0.874. The third-order valence-electron chi connectivity index (χ3n) is 5.64. The third kappa shape index (κ3) is 3.75. The molecule has 1 saturated heterocycles. The summed E-state index contributed by atoms with van der Waals surface area (Å²) in [7, 11) is 0. The summed E-state index contributed by atoms with van der Waals surface area (Å²) < 4.78 is 0. The van der Waals surface area contributed by atoms with Gasteiger partial charge < -0.3 is 15.5 Å². The summed E-state index contributed by atoms with van der Waals surface area (Å²) in [6.45, 7) is 8.86. The fourth-order valence-electron chi connectivity index (χ4n) is 4.02. The van der Waals surface area contributed by atoms with Crippen LogP contribution in [0.1, 0.15) is 26.7 Å². The van der Waals surface area contributed by atoms with Crippen LogP contribution in [-0.2, 0) is 0 Å². The second-order valence-corrected chi connectivity index (χ2v) is 7.20. The molecule has 1 aliphatic rings. The van der Waals surface area contributed by atoms with Gasteiger partial charge in [-0.1, -0.05) is 13.8 Å². The van der Waals surface area contributed by atoms with Crippen LogP contribution in [0.3, 0.4) is 0 Å². The zero-order valence-corrected chi connectivity index (χ0v) is 16.5. The average Bonchev–Trinajstić information content (AvgIpc) is 2.75. The monoisotopic (exact) mass is 377 g/mol. The summed E-state index contributed by atoms with van der Waals surface area (Å²) in [4.78, 5) is 22.5. The molecule has 2 N–H and O–H groups in total. The first-order valence-electron chi connectivity index (χ1n) is 10.0. The van der Waals surface area contributed by atoms with Crippen molar-refractivity contribution in [3.8, 4) is 11.3 Å². The number of fused-ring (bicyclic) bond motifs is 1. The molecule has 0 aliphatic carbocycles. The van der Waals surface area contributed by atoms with Crippen LogP contribution in [-0.4, -0.2) is 57.1 Å². The van der Waals surface area contributed by atoms with Crippen molar-refractivity contribution < 1.29 is 0 Å². The predicted octanol–water partition coefficient (Wildman–Crippen LogP) is 2.98. The minimum Gasteiger partial charge on any atom is -0.368 e. The Morgan fingerprint density at radius 1 is 1.04 bits per heavy atom. The van der Waals surface area contributed by atoms with E-state index in [1.165, 1.54) is 12.8 Å². The van der Waals surface area contributed by atoms with Gasteiger partial charge in [-0.15, -0.1) is 0 Å². The van der Waals surface area contributed by atoms with E-state index >= 15 is 0 Å². The molecule has 1 aliphatic heterocycles. The van der Waals surface area contributed by atoms with Crippen LogP contribution in [0.2, 0.25) is 0 Å². The molecule has 1 fully saturated rings. The summed E-state index contributed by atoms with van der Waals surface area (Å²) in [5.74, 6) is 1.31. The van der Waals surface area contributed by atoms with Gasteiger partial charge in [0.25, 0.3) is 0 Å². The van der Waals surface area contributed by atoms with E-state index in [4.69, 9.17) is 10.7 Å². The first kappa shape index (κ1) is 18.6. The van der Waals surface area contributed by atoms with Crippen LogP contribution in [0, 0.1) is 0 Å². The topological polar surface area (TPSA) is 84.1 Å². The highest BCUT2D eigenvalue weighted by Crippen LogP contribution is 2.25. The molecule has 0 radical (unpaired) electrons. The lowest BCUT2D eigenvalue weighted by molar-refractivity contribution is 0.186. The summed E-state index contributed by atoms with van der Waals surface area (Å²) in [6.07, 6.45) is 7.75. The quantitative estimate of drug-likeness (QED) is 0.732. The van der Waals surface area contributed by atoms with Gasteiger partial charge in [-0.25, -0.2) is 15.0 Å². The molecule has 0 unspecified atom stereocenters. The zero-order chi connectivity index (χ0) is 19.5. The average molecular weight is 377 g/mol. The Labute approximate surface area is 165 Å². The number of anilines is 2. The van der Waals surface area contributed by atoms with Crippen LogP contribution in [0.25, 0.3) is 22.2 Å². The molecule has 146 valence electrons. The van der Waals surface area contributed by atoms with Crippen LogP contribution in [0.4, 0.5) is 11.8 Å². The zero-order valence-electron chi connectivity index (χ0n) is 16.5. The summed E-state index contributed by atoms with van der Waals surface area (Å²) >= 11 is 0. The number of hydrogen-bond donors (Lipinski definition) is 1. The van der Waals surface area contributed by atoms with E-state index in [9.17, 15) is 0 Å². The molecule has 0 amide bonds. The number of nitrogens with zero attached hydrogens (tertiary/aromatic N) is 6. The van der Waals surface area contributed by atoms with Crippen LogP contribution < -0.4 is 10.6 Å². The lowest BCUT2D eigenvalue weighted by Crippen LogP contribution is -2.45. The fourth-order valence-corrected chi connectivity index (χ4v) is 4.02. The number of hydrogen-bond acceptors (Lipinski definition) is 7. The van der Waals surface area contributed by atoms with Gasteiger partial charge in [-0.05, 0) is 44.1 Å².